The van der Waals surface area contributed by atoms with Crippen LogP contribution < -0.4 is 5.01 Å². The lowest BCUT2D eigenvalue weighted by molar-refractivity contribution is -0.384. The fourth-order valence-corrected chi connectivity index (χ4v) is 3.59. The number of non-ortho nitro benzene ring substituents is 1. The Kier molecular flexibility index (Phi) is 6.36. The Morgan fingerprint density at radius 2 is 1.65 bits per heavy atom. The molecule has 0 saturated carbocycles. The minimum atomic E-state index is -0.494. The highest BCUT2D eigenvalue weighted by atomic mass is 16.6. The van der Waals surface area contributed by atoms with E-state index >= 15 is 0 Å². The third-order valence-electron chi connectivity index (χ3n) is 5.38. The summed E-state index contributed by atoms with van der Waals surface area (Å²) in [5.74, 6) is -0.363. The summed E-state index contributed by atoms with van der Waals surface area (Å²) in [6.45, 7) is 3.86. The van der Waals surface area contributed by atoms with Crippen LogP contribution in [0.5, 0.6) is 5.75 Å². The van der Waals surface area contributed by atoms with Crippen molar-refractivity contribution in [1.29, 1.82) is 0 Å². The maximum absolute atomic E-state index is 13.3. The van der Waals surface area contributed by atoms with Gasteiger partial charge < -0.3 is 5.11 Å². The molecule has 0 aliphatic carbocycles. The average Bonchev–Trinajstić information content (AvgIpc) is 3.16. The molecule has 34 heavy (non-hydrogen) atoms. The third-order valence-corrected chi connectivity index (χ3v) is 5.38. The molecule has 0 spiro atoms. The number of nitrogens with zero attached hydrogens (tertiary/aromatic N) is 3. The Balaban J connectivity index is 1.67. The van der Waals surface area contributed by atoms with Crippen molar-refractivity contribution in [3.8, 4) is 5.75 Å². The van der Waals surface area contributed by atoms with Gasteiger partial charge in [-0.15, -0.1) is 0 Å². The molecule has 0 atom stereocenters. The number of benzene rings is 3. The van der Waals surface area contributed by atoms with E-state index in [1.165, 1.54) is 29.3 Å². The van der Waals surface area contributed by atoms with Crippen molar-refractivity contribution in [2.75, 3.05) is 5.01 Å². The first kappa shape index (κ1) is 22.7. The van der Waals surface area contributed by atoms with Gasteiger partial charge in [0.15, 0.2) is 0 Å². The summed E-state index contributed by atoms with van der Waals surface area (Å²) in [7, 11) is 0. The van der Waals surface area contributed by atoms with E-state index in [-0.39, 0.29) is 23.3 Å². The number of hydrogen-bond acceptors (Lipinski definition) is 5. The van der Waals surface area contributed by atoms with Gasteiger partial charge in [0.25, 0.3) is 11.6 Å². The summed E-state index contributed by atoms with van der Waals surface area (Å²) < 4.78 is 0. The first-order valence-electron chi connectivity index (χ1n) is 10.8. The average molecular weight is 453 g/mol. The molecule has 3 aromatic carbocycles. The van der Waals surface area contributed by atoms with Crippen molar-refractivity contribution in [3.05, 3.63) is 105 Å². The summed E-state index contributed by atoms with van der Waals surface area (Å²) >= 11 is 0. The van der Waals surface area contributed by atoms with Gasteiger partial charge in [0.05, 0.1) is 21.9 Å². The summed E-state index contributed by atoms with van der Waals surface area (Å²) in [6, 6.07) is 20.7. The summed E-state index contributed by atoms with van der Waals surface area (Å²) in [6.07, 6.45) is 5.55. The second-order valence-corrected chi connectivity index (χ2v) is 8.15. The van der Waals surface area contributed by atoms with E-state index in [0.29, 0.717) is 22.5 Å². The zero-order chi connectivity index (χ0) is 24.2. The molecule has 0 fully saturated rings. The van der Waals surface area contributed by atoms with Gasteiger partial charge in [0.1, 0.15) is 5.75 Å². The van der Waals surface area contributed by atoms with Crippen molar-refractivity contribution in [3.63, 3.8) is 0 Å². The molecule has 4 rings (SSSR count). The van der Waals surface area contributed by atoms with Gasteiger partial charge in [-0.3, -0.25) is 14.9 Å². The van der Waals surface area contributed by atoms with E-state index < -0.39 is 4.92 Å². The number of nitro groups is 1. The van der Waals surface area contributed by atoms with Crippen LogP contribution in [0.1, 0.15) is 30.5 Å². The second kappa shape index (κ2) is 9.54. The highest BCUT2D eigenvalue weighted by Crippen LogP contribution is 2.31. The molecule has 0 unspecified atom stereocenters. The third kappa shape index (κ3) is 4.78. The van der Waals surface area contributed by atoms with E-state index in [1.807, 2.05) is 62.4 Å². The van der Waals surface area contributed by atoms with Crippen LogP contribution in [0.15, 0.2) is 83.5 Å². The molecule has 1 aliphatic rings. The quantitative estimate of drug-likeness (QED) is 0.217. The monoisotopic (exact) mass is 453 g/mol. The predicted octanol–water partition coefficient (Wildman–Crippen LogP) is 5.91. The maximum Gasteiger partial charge on any atom is 0.280 e. The fourth-order valence-electron chi connectivity index (χ4n) is 3.59. The number of rotatable bonds is 6. The lowest BCUT2D eigenvalue weighted by Crippen LogP contribution is -2.21. The Bertz CT molecular complexity index is 1320. The van der Waals surface area contributed by atoms with Gasteiger partial charge in [0, 0.05) is 17.7 Å². The highest BCUT2D eigenvalue weighted by Gasteiger charge is 2.33. The molecule has 7 heteroatoms. The SMILES string of the molecule is CC(C)C1=NN(c2ccc([N+](=O)[O-])cc2)C(=O)/C1=C/c1cc(/C=C/c2ccccc2)ccc1O. The van der Waals surface area contributed by atoms with Crippen molar-refractivity contribution < 1.29 is 14.8 Å². The van der Waals surface area contributed by atoms with Gasteiger partial charge in [-0.05, 0) is 47.4 Å². The standard InChI is InChI=1S/C27H23N3O4/c1-18(2)26-24(27(32)29(28-26)22-11-13-23(14-12-22)30(33)34)17-21-16-20(10-15-25(21)31)9-8-19-6-4-3-5-7-19/h3-18,31H,1-2H3/b9-8+,24-17+. The van der Waals surface area contributed by atoms with Crippen LogP contribution in [0.2, 0.25) is 0 Å². The molecular formula is C27H23N3O4. The zero-order valence-corrected chi connectivity index (χ0v) is 18.8. The summed E-state index contributed by atoms with van der Waals surface area (Å²) in [5.41, 5.74) is 3.73. The molecule has 3 aromatic rings. The molecule has 1 amide bonds. The normalized spacial score (nSPS) is 14.9. The fraction of sp³-hybridized carbons (Fsp3) is 0.111. The zero-order valence-electron chi connectivity index (χ0n) is 18.8. The number of anilines is 1. The molecule has 0 bridgehead atoms. The summed E-state index contributed by atoms with van der Waals surface area (Å²) in [4.78, 5) is 23.7. The van der Waals surface area contributed by atoms with E-state index in [0.717, 1.165) is 11.1 Å². The van der Waals surface area contributed by atoms with Crippen LogP contribution >= 0.6 is 0 Å². The van der Waals surface area contributed by atoms with Gasteiger partial charge in [-0.25, -0.2) is 0 Å². The Morgan fingerprint density at radius 3 is 2.29 bits per heavy atom. The maximum atomic E-state index is 13.3. The molecule has 0 aromatic heterocycles. The van der Waals surface area contributed by atoms with Crippen molar-refractivity contribution >= 4 is 41.2 Å². The van der Waals surface area contributed by atoms with Crippen LogP contribution in [0, 0.1) is 16.0 Å². The molecule has 1 heterocycles. The van der Waals surface area contributed by atoms with Crippen LogP contribution in [-0.2, 0) is 4.79 Å². The minimum Gasteiger partial charge on any atom is -0.507 e. The van der Waals surface area contributed by atoms with E-state index in [9.17, 15) is 20.0 Å². The largest absolute Gasteiger partial charge is 0.507 e. The Morgan fingerprint density at radius 1 is 0.971 bits per heavy atom. The van der Waals surface area contributed by atoms with Crippen LogP contribution in [0.25, 0.3) is 18.2 Å². The van der Waals surface area contributed by atoms with Crippen LogP contribution in [0.4, 0.5) is 11.4 Å². The van der Waals surface area contributed by atoms with Gasteiger partial charge in [-0.2, -0.15) is 10.1 Å². The Labute approximate surface area is 197 Å². The van der Waals surface area contributed by atoms with Crippen molar-refractivity contribution in [2.45, 2.75) is 13.8 Å². The van der Waals surface area contributed by atoms with E-state index in [1.54, 1.807) is 18.2 Å². The number of hydrogen-bond donors (Lipinski definition) is 1. The van der Waals surface area contributed by atoms with Gasteiger partial charge >= 0.3 is 0 Å². The number of carbonyl (C=O) groups excluding carboxylic acids is 1. The lowest BCUT2D eigenvalue weighted by atomic mass is 9.97. The number of carbonyl (C=O) groups is 1. The van der Waals surface area contributed by atoms with Crippen molar-refractivity contribution in [2.24, 2.45) is 11.0 Å². The van der Waals surface area contributed by atoms with Gasteiger partial charge in [-0.1, -0.05) is 62.4 Å². The van der Waals surface area contributed by atoms with E-state index in [4.69, 9.17) is 0 Å². The van der Waals surface area contributed by atoms with Crippen LogP contribution in [0.3, 0.4) is 0 Å². The molecule has 1 N–H and O–H groups in total. The minimum absolute atomic E-state index is 0.0500. The topological polar surface area (TPSA) is 96.0 Å². The highest BCUT2D eigenvalue weighted by molar-refractivity contribution is 6.33. The molecule has 1 aliphatic heterocycles. The van der Waals surface area contributed by atoms with Crippen molar-refractivity contribution in [1.82, 2.24) is 0 Å². The number of aromatic hydroxyl groups is 1. The predicted molar refractivity (Wildman–Crippen MR) is 134 cm³/mol. The lowest BCUT2D eigenvalue weighted by Gasteiger charge is -2.11. The molecular weight excluding hydrogens is 430 g/mol. The number of amides is 1. The second-order valence-electron chi connectivity index (χ2n) is 8.15. The number of hydrazone groups is 1. The smallest absolute Gasteiger partial charge is 0.280 e. The number of phenols is 1. The van der Waals surface area contributed by atoms with E-state index in [2.05, 4.69) is 5.10 Å². The first-order valence-corrected chi connectivity index (χ1v) is 10.8. The number of phenolic OH excluding ortho intramolecular Hbond substituents is 1. The molecule has 170 valence electrons. The molecule has 0 radical (unpaired) electrons. The number of nitro benzene ring substituents is 1. The molecule has 0 saturated heterocycles. The Hall–Kier alpha value is -4.52. The van der Waals surface area contributed by atoms with Gasteiger partial charge in [0.2, 0.25) is 0 Å². The van der Waals surface area contributed by atoms with Crippen LogP contribution in [-0.4, -0.2) is 21.6 Å². The molecule has 7 nitrogen and oxygen atoms in total. The first-order chi connectivity index (χ1) is 16.3. The summed E-state index contributed by atoms with van der Waals surface area (Å²) in [5, 5.41) is 27.1.